The highest BCUT2D eigenvalue weighted by Crippen LogP contribution is 2.62. The van der Waals surface area contributed by atoms with Crippen LogP contribution in [0, 0.1) is 23.7 Å². The molecule has 141 valence electrons. The lowest BCUT2D eigenvalue weighted by Gasteiger charge is -2.60. The van der Waals surface area contributed by atoms with Crippen LogP contribution in [0.5, 0.6) is 0 Å². The maximum absolute atomic E-state index is 12.9. The molecule has 1 amide bonds. The van der Waals surface area contributed by atoms with Crippen LogP contribution in [0.25, 0.3) is 0 Å². The first-order valence-electron chi connectivity index (χ1n) is 9.14. The molecule has 4 aliphatic rings. The SMILES string of the molecule is CO[C@]12C[C]3C[C@H](C[C@@H](C1)[C@@H]3[C@@H](NC(=O)C(F)(F)F)c1ccccc1)C2. The number of carbonyl (C=O) groups excluding carboxylic acids is 1. The minimum Gasteiger partial charge on any atom is -0.378 e. The summed E-state index contributed by atoms with van der Waals surface area (Å²) in [5, 5.41) is 2.31. The van der Waals surface area contributed by atoms with E-state index < -0.39 is 18.1 Å². The molecule has 1 aromatic carbocycles. The van der Waals surface area contributed by atoms with E-state index in [4.69, 9.17) is 4.74 Å². The first-order chi connectivity index (χ1) is 12.3. The summed E-state index contributed by atoms with van der Waals surface area (Å²) in [4.78, 5) is 11.7. The third kappa shape index (κ3) is 3.02. The van der Waals surface area contributed by atoms with Crippen LogP contribution in [0.15, 0.2) is 30.3 Å². The third-order valence-corrected chi connectivity index (χ3v) is 6.51. The second kappa shape index (κ2) is 6.25. The van der Waals surface area contributed by atoms with Gasteiger partial charge in [-0.15, -0.1) is 0 Å². The summed E-state index contributed by atoms with van der Waals surface area (Å²) in [6.45, 7) is 0. The Balaban J connectivity index is 1.66. The Kier molecular flexibility index (Phi) is 4.29. The number of ether oxygens (including phenoxy) is 1. The summed E-state index contributed by atoms with van der Waals surface area (Å²) in [6.07, 6.45) is -0.230. The van der Waals surface area contributed by atoms with E-state index in [0.717, 1.165) is 37.7 Å². The fourth-order valence-electron chi connectivity index (χ4n) is 5.71. The lowest BCUT2D eigenvalue weighted by atomic mass is 9.48. The van der Waals surface area contributed by atoms with E-state index in [0.29, 0.717) is 5.92 Å². The van der Waals surface area contributed by atoms with Crippen molar-refractivity contribution in [3.8, 4) is 0 Å². The van der Waals surface area contributed by atoms with E-state index in [1.165, 1.54) is 5.92 Å². The highest BCUT2D eigenvalue weighted by Gasteiger charge is 2.58. The summed E-state index contributed by atoms with van der Waals surface area (Å²) >= 11 is 0. The van der Waals surface area contributed by atoms with Gasteiger partial charge in [-0.25, -0.2) is 0 Å². The summed E-state index contributed by atoms with van der Waals surface area (Å²) in [5.74, 6) is 0.168. The van der Waals surface area contributed by atoms with Gasteiger partial charge >= 0.3 is 12.1 Å². The van der Waals surface area contributed by atoms with Crippen LogP contribution in [-0.2, 0) is 9.53 Å². The summed E-state index contributed by atoms with van der Waals surface area (Å²) in [7, 11) is 1.74. The Morgan fingerprint density at radius 3 is 2.62 bits per heavy atom. The molecule has 5 rings (SSSR count). The number of hydrogen-bond acceptors (Lipinski definition) is 2. The molecule has 0 unspecified atom stereocenters. The van der Waals surface area contributed by atoms with Crippen molar-refractivity contribution in [3.05, 3.63) is 41.8 Å². The lowest BCUT2D eigenvalue weighted by molar-refractivity contribution is -0.176. The van der Waals surface area contributed by atoms with Gasteiger partial charge in [-0.1, -0.05) is 30.3 Å². The van der Waals surface area contributed by atoms with Crippen molar-refractivity contribution in [2.75, 3.05) is 7.11 Å². The number of carbonyl (C=O) groups is 1. The zero-order valence-corrected chi connectivity index (χ0v) is 14.7. The van der Waals surface area contributed by atoms with Crippen LogP contribution in [0.2, 0.25) is 0 Å². The smallest absolute Gasteiger partial charge is 0.378 e. The number of benzene rings is 1. The topological polar surface area (TPSA) is 38.3 Å². The van der Waals surface area contributed by atoms with Gasteiger partial charge in [0.1, 0.15) is 0 Å². The van der Waals surface area contributed by atoms with Gasteiger partial charge in [-0.3, -0.25) is 4.79 Å². The maximum atomic E-state index is 12.9. The molecule has 4 aliphatic carbocycles. The second-order valence-corrected chi connectivity index (χ2v) is 8.08. The van der Waals surface area contributed by atoms with Crippen molar-refractivity contribution in [3.63, 3.8) is 0 Å². The van der Waals surface area contributed by atoms with Crippen molar-refractivity contribution in [1.82, 2.24) is 5.32 Å². The molecule has 1 radical (unpaired) electrons. The predicted octanol–water partition coefficient (Wildman–Crippen LogP) is 4.21. The van der Waals surface area contributed by atoms with Gasteiger partial charge in [0, 0.05) is 7.11 Å². The van der Waals surface area contributed by atoms with Gasteiger partial charge in [0.25, 0.3) is 0 Å². The lowest BCUT2D eigenvalue weighted by Crippen LogP contribution is -2.57. The molecule has 6 heteroatoms. The van der Waals surface area contributed by atoms with Gasteiger partial charge in [-0.05, 0) is 61.3 Å². The fourth-order valence-corrected chi connectivity index (χ4v) is 5.71. The maximum Gasteiger partial charge on any atom is 0.471 e. The third-order valence-electron chi connectivity index (χ3n) is 6.51. The minimum atomic E-state index is -4.88. The molecule has 0 aliphatic heterocycles. The molecular weight excluding hydrogens is 343 g/mol. The van der Waals surface area contributed by atoms with Crippen molar-refractivity contribution in [2.24, 2.45) is 17.8 Å². The van der Waals surface area contributed by atoms with Crippen LogP contribution in [0.4, 0.5) is 13.2 Å². The monoisotopic (exact) mass is 366 g/mol. The molecule has 0 spiro atoms. The molecule has 4 fully saturated rings. The van der Waals surface area contributed by atoms with Gasteiger partial charge in [0.05, 0.1) is 11.6 Å². The highest BCUT2D eigenvalue weighted by molar-refractivity contribution is 5.82. The highest BCUT2D eigenvalue weighted by atomic mass is 19.4. The van der Waals surface area contributed by atoms with Crippen molar-refractivity contribution >= 4 is 5.91 Å². The number of amides is 1. The Labute approximate surface area is 151 Å². The standard InChI is InChI=1S/C20H23F3NO2/c1-26-19-9-12-7-14(10-19)16(15(8-12)11-19)17(13-5-3-2-4-6-13)24-18(25)20(21,22)23/h2-6,12,14,16-17H,7-11H2,1H3,(H,24,25)/t12-,14-,16-,17-,19-/m0/s1. The number of alkyl halides is 3. The van der Waals surface area contributed by atoms with Crippen molar-refractivity contribution in [2.45, 2.75) is 49.9 Å². The molecule has 0 heterocycles. The Morgan fingerprint density at radius 1 is 1.27 bits per heavy atom. The fraction of sp³-hybridized carbons (Fsp3) is 0.600. The van der Waals surface area contributed by atoms with Crippen LogP contribution in [-0.4, -0.2) is 24.8 Å². The van der Waals surface area contributed by atoms with Crippen LogP contribution >= 0.6 is 0 Å². The van der Waals surface area contributed by atoms with Gasteiger partial charge < -0.3 is 10.1 Å². The largest absolute Gasteiger partial charge is 0.471 e. The van der Waals surface area contributed by atoms with Crippen molar-refractivity contribution in [1.29, 1.82) is 0 Å². The minimum absolute atomic E-state index is 0.0523. The quantitative estimate of drug-likeness (QED) is 0.867. The number of nitrogens with one attached hydrogen (secondary N) is 1. The Morgan fingerprint density at radius 2 is 2.00 bits per heavy atom. The molecule has 0 aromatic heterocycles. The molecular formula is C20H23F3NO2. The van der Waals surface area contributed by atoms with E-state index in [1.54, 1.807) is 31.4 Å². The number of hydrogen-bond donors (Lipinski definition) is 1. The van der Waals surface area contributed by atoms with Crippen LogP contribution in [0.3, 0.4) is 0 Å². The number of methoxy groups -OCH3 is 1. The van der Waals surface area contributed by atoms with Gasteiger partial charge in [-0.2, -0.15) is 13.2 Å². The molecule has 5 atom stereocenters. The summed E-state index contributed by atoms with van der Waals surface area (Å²) in [5.41, 5.74) is 0.592. The molecule has 1 aromatic rings. The second-order valence-electron chi connectivity index (χ2n) is 8.08. The molecule has 3 nitrogen and oxygen atoms in total. The Bertz CT molecular complexity index is 659. The summed E-state index contributed by atoms with van der Waals surface area (Å²) in [6, 6.07) is 8.41. The van der Waals surface area contributed by atoms with Gasteiger partial charge in [0.2, 0.25) is 0 Å². The average molecular weight is 366 g/mol. The number of halogens is 3. The van der Waals surface area contributed by atoms with Gasteiger partial charge in [0.15, 0.2) is 0 Å². The van der Waals surface area contributed by atoms with Crippen LogP contribution < -0.4 is 5.32 Å². The molecule has 4 bridgehead atoms. The van der Waals surface area contributed by atoms with E-state index in [1.807, 2.05) is 6.07 Å². The summed E-state index contributed by atoms with van der Waals surface area (Å²) < 4.78 is 44.6. The molecule has 0 saturated heterocycles. The average Bonchev–Trinajstić information content (AvgIpc) is 2.59. The normalized spacial score (nSPS) is 34.7. The van der Waals surface area contributed by atoms with E-state index in [-0.39, 0.29) is 17.4 Å². The first-order valence-corrected chi connectivity index (χ1v) is 9.14. The zero-order valence-electron chi connectivity index (χ0n) is 14.7. The van der Waals surface area contributed by atoms with E-state index in [9.17, 15) is 18.0 Å². The molecule has 26 heavy (non-hydrogen) atoms. The van der Waals surface area contributed by atoms with Crippen molar-refractivity contribution < 1.29 is 22.7 Å². The van der Waals surface area contributed by atoms with Crippen LogP contribution in [0.1, 0.15) is 43.7 Å². The van der Waals surface area contributed by atoms with E-state index in [2.05, 4.69) is 5.32 Å². The first kappa shape index (κ1) is 17.8. The predicted molar refractivity (Wildman–Crippen MR) is 89.9 cm³/mol. The Hall–Kier alpha value is -1.56. The number of rotatable bonds is 4. The molecule has 1 N–H and O–H groups in total. The molecule has 4 saturated carbocycles. The zero-order chi connectivity index (χ0) is 18.5. The van der Waals surface area contributed by atoms with E-state index >= 15 is 0 Å².